The van der Waals surface area contributed by atoms with E-state index in [0.29, 0.717) is 0 Å². The van der Waals surface area contributed by atoms with Gasteiger partial charge in [0.05, 0.1) is 7.11 Å². The van der Waals surface area contributed by atoms with Gasteiger partial charge in [-0.3, -0.25) is 0 Å². The van der Waals surface area contributed by atoms with E-state index in [2.05, 4.69) is 50.1 Å². The van der Waals surface area contributed by atoms with Gasteiger partial charge in [0, 0.05) is 24.6 Å². The summed E-state index contributed by atoms with van der Waals surface area (Å²) in [6, 6.07) is 14.2. The zero-order valence-corrected chi connectivity index (χ0v) is 12.5. The van der Waals surface area contributed by atoms with E-state index in [0.717, 1.165) is 30.0 Å². The molecule has 2 aromatic rings. The smallest absolute Gasteiger partial charge is 0.171 e. The molecule has 1 heterocycles. The first-order chi connectivity index (χ1) is 9.35. The number of rotatable bonds is 6. The van der Waals surface area contributed by atoms with Gasteiger partial charge < -0.3 is 9.64 Å². The second-order valence-electron chi connectivity index (χ2n) is 4.13. The molecule has 4 heteroatoms. The molecular weight excluding hydrogens is 304 g/mol. The summed E-state index contributed by atoms with van der Waals surface area (Å²) in [5.74, 6) is 1.69. The summed E-state index contributed by atoms with van der Waals surface area (Å²) in [6.45, 7) is 1.70. The first kappa shape index (κ1) is 13.9. The van der Waals surface area contributed by atoms with Crippen LogP contribution in [0.3, 0.4) is 0 Å². The van der Waals surface area contributed by atoms with Crippen LogP contribution in [-0.4, -0.2) is 24.0 Å². The normalized spacial score (nSPS) is 10.2. The number of pyridine rings is 1. The minimum absolute atomic E-state index is 0.805. The van der Waals surface area contributed by atoms with Gasteiger partial charge >= 0.3 is 0 Å². The number of aromatic nitrogens is 1. The lowest BCUT2D eigenvalue weighted by molar-refractivity contribution is 0.412. The van der Waals surface area contributed by atoms with Crippen molar-refractivity contribution in [3.05, 3.63) is 54.2 Å². The van der Waals surface area contributed by atoms with Crippen molar-refractivity contribution in [2.45, 2.75) is 6.54 Å². The number of anilines is 1. The van der Waals surface area contributed by atoms with Crippen LogP contribution < -0.4 is 9.64 Å². The minimum atomic E-state index is 0.805. The van der Waals surface area contributed by atoms with Gasteiger partial charge in [-0.2, -0.15) is 0 Å². The molecule has 0 atom stereocenters. The van der Waals surface area contributed by atoms with Crippen molar-refractivity contribution in [2.24, 2.45) is 0 Å². The van der Waals surface area contributed by atoms with Gasteiger partial charge in [-0.1, -0.05) is 46.3 Å². The van der Waals surface area contributed by atoms with E-state index in [1.165, 1.54) is 5.56 Å². The van der Waals surface area contributed by atoms with Crippen molar-refractivity contribution < 1.29 is 4.74 Å². The third-order valence-electron chi connectivity index (χ3n) is 2.84. The molecule has 0 fully saturated rings. The van der Waals surface area contributed by atoms with E-state index in [1.54, 1.807) is 13.3 Å². The van der Waals surface area contributed by atoms with Gasteiger partial charge in [0.25, 0.3) is 0 Å². The van der Waals surface area contributed by atoms with E-state index in [4.69, 9.17) is 4.74 Å². The zero-order valence-electron chi connectivity index (χ0n) is 10.9. The molecular formula is C15H17BrN2O. The Morgan fingerprint density at radius 2 is 1.95 bits per heavy atom. The fourth-order valence-electron chi connectivity index (χ4n) is 1.94. The number of halogens is 1. The number of ether oxygens (including phenoxy) is 1. The Morgan fingerprint density at radius 1 is 1.16 bits per heavy atom. The van der Waals surface area contributed by atoms with Gasteiger partial charge in [-0.15, -0.1) is 0 Å². The number of hydrogen-bond donors (Lipinski definition) is 0. The Labute approximate surface area is 122 Å². The molecule has 2 rings (SSSR count). The van der Waals surface area contributed by atoms with E-state index in [1.807, 2.05) is 18.2 Å². The van der Waals surface area contributed by atoms with Crippen molar-refractivity contribution in [2.75, 3.05) is 23.9 Å². The fraction of sp³-hybridized carbons (Fsp3) is 0.267. The highest BCUT2D eigenvalue weighted by Crippen LogP contribution is 2.26. The molecule has 1 aromatic carbocycles. The maximum absolute atomic E-state index is 5.39. The molecule has 0 N–H and O–H groups in total. The van der Waals surface area contributed by atoms with Gasteiger partial charge in [0.2, 0.25) is 0 Å². The lowest BCUT2D eigenvalue weighted by Gasteiger charge is -2.24. The van der Waals surface area contributed by atoms with E-state index in [-0.39, 0.29) is 0 Å². The van der Waals surface area contributed by atoms with Crippen LogP contribution in [-0.2, 0) is 6.54 Å². The van der Waals surface area contributed by atoms with E-state index < -0.39 is 0 Å². The van der Waals surface area contributed by atoms with Crippen LogP contribution in [0, 0.1) is 0 Å². The quantitative estimate of drug-likeness (QED) is 0.762. The van der Waals surface area contributed by atoms with Crippen molar-refractivity contribution in [1.29, 1.82) is 0 Å². The molecule has 0 bridgehead atoms. The van der Waals surface area contributed by atoms with E-state index in [9.17, 15) is 0 Å². The average Bonchev–Trinajstić information content (AvgIpc) is 2.48. The largest absolute Gasteiger partial charge is 0.493 e. The molecule has 1 aromatic heterocycles. The Morgan fingerprint density at radius 3 is 2.63 bits per heavy atom. The van der Waals surface area contributed by atoms with E-state index >= 15 is 0 Å². The molecule has 0 unspecified atom stereocenters. The average molecular weight is 321 g/mol. The SMILES string of the molecule is COc1cccnc1N(CCBr)Cc1ccccc1. The fourth-order valence-corrected chi connectivity index (χ4v) is 2.37. The molecule has 100 valence electrons. The highest BCUT2D eigenvalue weighted by Gasteiger charge is 2.13. The Hall–Kier alpha value is -1.55. The maximum Gasteiger partial charge on any atom is 0.171 e. The zero-order chi connectivity index (χ0) is 13.5. The van der Waals surface area contributed by atoms with Gasteiger partial charge in [0.1, 0.15) is 0 Å². The maximum atomic E-state index is 5.39. The first-order valence-electron chi connectivity index (χ1n) is 6.19. The number of hydrogen-bond acceptors (Lipinski definition) is 3. The monoisotopic (exact) mass is 320 g/mol. The van der Waals surface area contributed by atoms with Gasteiger partial charge in [-0.05, 0) is 17.7 Å². The second-order valence-corrected chi connectivity index (χ2v) is 4.92. The molecule has 0 aliphatic carbocycles. The first-order valence-corrected chi connectivity index (χ1v) is 7.31. The number of methoxy groups -OCH3 is 1. The highest BCUT2D eigenvalue weighted by atomic mass is 79.9. The van der Waals surface area contributed by atoms with Crippen molar-refractivity contribution in [1.82, 2.24) is 4.98 Å². The summed E-state index contributed by atoms with van der Waals surface area (Å²) in [5.41, 5.74) is 1.26. The van der Waals surface area contributed by atoms with Crippen LogP contribution in [0.25, 0.3) is 0 Å². The molecule has 3 nitrogen and oxygen atoms in total. The molecule has 0 saturated carbocycles. The van der Waals surface area contributed by atoms with Gasteiger partial charge in [-0.25, -0.2) is 4.98 Å². The molecule has 0 aliphatic rings. The minimum Gasteiger partial charge on any atom is -0.493 e. The predicted octanol–water partition coefficient (Wildman–Crippen LogP) is 3.49. The Kier molecular flexibility index (Phi) is 5.21. The summed E-state index contributed by atoms with van der Waals surface area (Å²) in [6.07, 6.45) is 1.80. The van der Waals surface area contributed by atoms with Crippen molar-refractivity contribution in [3.63, 3.8) is 0 Å². The molecule has 0 saturated heterocycles. The standard InChI is InChI=1S/C15H17BrN2O/c1-19-14-8-5-10-17-15(14)18(11-9-16)12-13-6-3-2-4-7-13/h2-8,10H,9,11-12H2,1H3. The van der Waals surface area contributed by atoms with Crippen LogP contribution in [0.2, 0.25) is 0 Å². The van der Waals surface area contributed by atoms with Crippen LogP contribution in [0.1, 0.15) is 5.56 Å². The van der Waals surface area contributed by atoms with Crippen molar-refractivity contribution in [3.8, 4) is 5.75 Å². The topological polar surface area (TPSA) is 25.4 Å². The molecule has 0 radical (unpaired) electrons. The van der Waals surface area contributed by atoms with Crippen LogP contribution >= 0.6 is 15.9 Å². The van der Waals surface area contributed by atoms with Crippen LogP contribution in [0.15, 0.2) is 48.7 Å². The summed E-state index contributed by atoms with van der Waals surface area (Å²) in [5, 5.41) is 0.888. The molecule has 0 spiro atoms. The number of alkyl halides is 1. The highest BCUT2D eigenvalue weighted by molar-refractivity contribution is 9.09. The summed E-state index contributed by atoms with van der Waals surface area (Å²) in [4.78, 5) is 6.66. The summed E-state index contributed by atoms with van der Waals surface area (Å²) < 4.78 is 5.39. The Balaban J connectivity index is 2.24. The lowest BCUT2D eigenvalue weighted by atomic mass is 10.2. The molecule has 0 aliphatic heterocycles. The summed E-state index contributed by atoms with van der Waals surface area (Å²) in [7, 11) is 1.68. The van der Waals surface area contributed by atoms with Crippen LogP contribution in [0.5, 0.6) is 5.75 Å². The third-order valence-corrected chi connectivity index (χ3v) is 3.20. The second kappa shape index (κ2) is 7.14. The molecule has 0 amide bonds. The van der Waals surface area contributed by atoms with Crippen molar-refractivity contribution >= 4 is 21.7 Å². The third kappa shape index (κ3) is 3.70. The number of benzene rings is 1. The predicted molar refractivity (Wildman–Crippen MR) is 82.1 cm³/mol. The number of nitrogens with zero attached hydrogens (tertiary/aromatic N) is 2. The molecule has 19 heavy (non-hydrogen) atoms. The Bertz CT molecular complexity index is 505. The summed E-state index contributed by atoms with van der Waals surface area (Å²) >= 11 is 3.50. The van der Waals surface area contributed by atoms with Crippen LogP contribution in [0.4, 0.5) is 5.82 Å². The lowest BCUT2D eigenvalue weighted by Crippen LogP contribution is -2.26. The van der Waals surface area contributed by atoms with Gasteiger partial charge in [0.15, 0.2) is 11.6 Å².